The Morgan fingerprint density at radius 1 is 1.17 bits per heavy atom. The number of halogens is 1. The van der Waals surface area contributed by atoms with Crippen LogP contribution < -0.4 is 9.64 Å². The highest BCUT2D eigenvalue weighted by atomic mass is 19.1. The fourth-order valence-electron chi connectivity index (χ4n) is 7.62. The topological polar surface area (TPSA) is 72.7 Å². The largest absolute Gasteiger partial charge is 0.475 e. The van der Waals surface area contributed by atoms with Gasteiger partial charge in [0.1, 0.15) is 24.1 Å². The van der Waals surface area contributed by atoms with Crippen molar-refractivity contribution in [2.75, 3.05) is 38.2 Å². The normalized spacial score (nSPS) is 23.3. The van der Waals surface area contributed by atoms with E-state index in [2.05, 4.69) is 35.6 Å². The standard InChI is InChI=1S/C34H36FN5O2/c1-3-32(41)39-15-13-30-31(39)19-40(30)33-26-16-28(35)25(24-12-6-9-21-8-4-5-11-23(21)24)17-29(26)37-34(27(33)18-36)42-20-22-10-7-14-38(22)2/h3,6,9,12,16-17,22,30-31H,1,4-5,7-8,10-11,13-15,19-20H2,2H3/t22-,30+,31+/m0/s1. The molecule has 3 saturated heterocycles. The highest BCUT2D eigenvalue weighted by Crippen LogP contribution is 2.45. The summed E-state index contributed by atoms with van der Waals surface area (Å²) >= 11 is 0. The van der Waals surface area contributed by atoms with E-state index < -0.39 is 0 Å². The van der Waals surface area contributed by atoms with Gasteiger partial charge in [-0.25, -0.2) is 9.37 Å². The van der Waals surface area contributed by atoms with Crippen LogP contribution in [0.4, 0.5) is 10.1 Å². The van der Waals surface area contributed by atoms with E-state index in [1.165, 1.54) is 17.2 Å². The number of carbonyl (C=O) groups excluding carboxylic acids is 1. The lowest BCUT2D eigenvalue weighted by Gasteiger charge is -2.48. The maximum Gasteiger partial charge on any atom is 0.246 e. The van der Waals surface area contributed by atoms with Gasteiger partial charge in [0.2, 0.25) is 11.8 Å². The van der Waals surface area contributed by atoms with Gasteiger partial charge < -0.3 is 19.4 Å². The molecule has 8 heteroatoms. The number of rotatable bonds is 6. The van der Waals surface area contributed by atoms with Crippen LogP contribution in [0.2, 0.25) is 0 Å². The fourth-order valence-corrected chi connectivity index (χ4v) is 7.62. The van der Waals surface area contributed by atoms with E-state index in [0.29, 0.717) is 53.3 Å². The molecule has 3 aromatic rings. The Bertz CT molecular complexity index is 1630. The van der Waals surface area contributed by atoms with Crippen LogP contribution in [0.25, 0.3) is 22.0 Å². The smallest absolute Gasteiger partial charge is 0.246 e. The fraction of sp³-hybridized carbons (Fsp3) is 0.441. The number of nitrogens with zero attached hydrogens (tertiary/aromatic N) is 5. The van der Waals surface area contributed by atoms with Gasteiger partial charge in [0, 0.05) is 30.1 Å². The summed E-state index contributed by atoms with van der Waals surface area (Å²) in [5.41, 5.74) is 5.59. The molecule has 1 aromatic heterocycles. The summed E-state index contributed by atoms with van der Waals surface area (Å²) in [6.45, 7) is 6.33. The van der Waals surface area contributed by atoms with Crippen molar-refractivity contribution in [3.05, 3.63) is 65.5 Å². The lowest BCUT2D eigenvalue weighted by atomic mass is 9.85. The minimum atomic E-state index is -0.318. The van der Waals surface area contributed by atoms with E-state index in [1.807, 2.05) is 23.1 Å². The molecule has 7 nitrogen and oxygen atoms in total. The molecule has 0 bridgehead atoms. The molecule has 0 unspecified atom stereocenters. The zero-order chi connectivity index (χ0) is 29.0. The van der Waals surface area contributed by atoms with Crippen molar-refractivity contribution in [2.24, 2.45) is 0 Å². The third kappa shape index (κ3) is 4.33. The second-order valence-corrected chi connectivity index (χ2v) is 12.2. The molecule has 4 heterocycles. The van der Waals surface area contributed by atoms with Gasteiger partial charge in [-0.2, -0.15) is 5.26 Å². The first-order valence-corrected chi connectivity index (χ1v) is 15.2. The monoisotopic (exact) mass is 565 g/mol. The van der Waals surface area contributed by atoms with Gasteiger partial charge in [-0.05, 0) is 93.4 Å². The van der Waals surface area contributed by atoms with Crippen molar-refractivity contribution in [1.29, 1.82) is 5.26 Å². The van der Waals surface area contributed by atoms with Crippen LogP contribution in [0.1, 0.15) is 48.8 Å². The molecular formula is C34H36FN5O2. The van der Waals surface area contributed by atoms with Crippen molar-refractivity contribution >= 4 is 22.5 Å². The molecule has 4 aliphatic rings. The Balaban J connectivity index is 1.35. The van der Waals surface area contributed by atoms with E-state index in [9.17, 15) is 10.1 Å². The Morgan fingerprint density at radius 3 is 2.81 bits per heavy atom. The summed E-state index contributed by atoms with van der Waals surface area (Å²) in [6, 6.07) is 12.3. The van der Waals surface area contributed by atoms with Crippen LogP contribution in [0.15, 0.2) is 43.0 Å². The summed E-state index contributed by atoms with van der Waals surface area (Å²) in [4.78, 5) is 23.6. The molecule has 0 spiro atoms. The van der Waals surface area contributed by atoms with Gasteiger partial charge in [0.05, 0.1) is 23.3 Å². The number of carbonyl (C=O) groups is 1. The first-order valence-electron chi connectivity index (χ1n) is 15.2. The summed E-state index contributed by atoms with van der Waals surface area (Å²) in [7, 11) is 2.09. The molecule has 42 heavy (non-hydrogen) atoms. The van der Waals surface area contributed by atoms with Crippen LogP contribution in [0, 0.1) is 17.1 Å². The lowest BCUT2D eigenvalue weighted by molar-refractivity contribution is -0.127. The highest BCUT2D eigenvalue weighted by Gasteiger charge is 2.49. The second kappa shape index (κ2) is 10.7. The second-order valence-electron chi connectivity index (χ2n) is 12.2. The first-order chi connectivity index (χ1) is 20.5. The molecule has 2 aromatic carbocycles. The molecule has 3 aliphatic heterocycles. The number of anilines is 1. The first kappa shape index (κ1) is 26.9. The van der Waals surface area contributed by atoms with Gasteiger partial charge in [-0.1, -0.05) is 24.8 Å². The quantitative estimate of drug-likeness (QED) is 0.381. The maximum atomic E-state index is 16.1. The Kier molecular flexibility index (Phi) is 6.86. The van der Waals surface area contributed by atoms with Crippen LogP contribution in [0.3, 0.4) is 0 Å². The van der Waals surface area contributed by atoms with Crippen LogP contribution in [0.5, 0.6) is 5.88 Å². The maximum absolute atomic E-state index is 16.1. The molecule has 0 radical (unpaired) electrons. The molecule has 1 aliphatic carbocycles. The van der Waals surface area contributed by atoms with E-state index in [4.69, 9.17) is 9.72 Å². The van der Waals surface area contributed by atoms with E-state index in [0.717, 1.165) is 57.1 Å². The zero-order valence-electron chi connectivity index (χ0n) is 24.1. The number of aromatic nitrogens is 1. The van der Waals surface area contributed by atoms with Gasteiger partial charge in [0.15, 0.2) is 0 Å². The summed E-state index contributed by atoms with van der Waals surface area (Å²) in [6.07, 6.45) is 8.51. The van der Waals surface area contributed by atoms with Crippen molar-refractivity contribution in [3.63, 3.8) is 0 Å². The molecule has 0 N–H and O–H groups in total. The third-order valence-corrected chi connectivity index (χ3v) is 9.93. The Hall–Kier alpha value is -3.96. The molecule has 3 atom stereocenters. The van der Waals surface area contributed by atoms with Gasteiger partial charge in [-0.3, -0.25) is 4.79 Å². The summed E-state index contributed by atoms with van der Waals surface area (Å²) in [5.74, 6) is -0.0936. The number of benzene rings is 2. The highest BCUT2D eigenvalue weighted by molar-refractivity contribution is 5.99. The number of amides is 1. The number of aryl methyl sites for hydroxylation is 1. The average molecular weight is 566 g/mol. The van der Waals surface area contributed by atoms with Crippen LogP contribution in [-0.4, -0.2) is 72.1 Å². The van der Waals surface area contributed by atoms with E-state index >= 15 is 4.39 Å². The molecular weight excluding hydrogens is 529 g/mol. The number of ether oxygens (including phenoxy) is 1. The zero-order valence-corrected chi connectivity index (χ0v) is 24.1. The number of pyridine rings is 1. The minimum absolute atomic E-state index is 0.0433. The number of fused-ring (bicyclic) bond motifs is 3. The van der Waals surface area contributed by atoms with Gasteiger partial charge in [0.25, 0.3) is 0 Å². The van der Waals surface area contributed by atoms with Gasteiger partial charge in [-0.15, -0.1) is 0 Å². The van der Waals surface area contributed by atoms with Crippen molar-refractivity contribution in [3.8, 4) is 23.1 Å². The number of nitriles is 1. The van der Waals surface area contributed by atoms with Crippen LogP contribution >= 0.6 is 0 Å². The lowest BCUT2D eigenvalue weighted by Crippen LogP contribution is -2.63. The Labute approximate surface area is 246 Å². The average Bonchev–Trinajstić information content (AvgIpc) is 3.57. The molecule has 0 saturated carbocycles. The number of hydrogen-bond acceptors (Lipinski definition) is 6. The Morgan fingerprint density at radius 2 is 2.02 bits per heavy atom. The minimum Gasteiger partial charge on any atom is -0.475 e. The molecule has 1 amide bonds. The predicted octanol–water partition coefficient (Wildman–Crippen LogP) is 5.24. The number of likely N-dealkylation sites (tertiary alicyclic amines) is 2. The molecule has 216 valence electrons. The molecule has 3 fully saturated rings. The third-order valence-electron chi connectivity index (χ3n) is 9.93. The van der Waals surface area contributed by atoms with E-state index in [-0.39, 0.29) is 29.8 Å². The van der Waals surface area contributed by atoms with Crippen molar-refractivity contribution < 1.29 is 13.9 Å². The molecule has 7 rings (SSSR count). The van der Waals surface area contributed by atoms with Gasteiger partial charge >= 0.3 is 0 Å². The summed E-state index contributed by atoms with van der Waals surface area (Å²) in [5, 5.41) is 11.1. The predicted molar refractivity (Wildman–Crippen MR) is 161 cm³/mol. The van der Waals surface area contributed by atoms with E-state index in [1.54, 1.807) is 6.07 Å². The van der Waals surface area contributed by atoms with Crippen molar-refractivity contribution in [1.82, 2.24) is 14.8 Å². The SMILES string of the molecule is C=CC(=O)N1CC[C@@H]2[C@H]1CN2c1c(C#N)c(OC[C@@H]2CCCN2C)nc2cc(-c3cccc4c3CCCC4)c(F)cc12. The van der Waals surface area contributed by atoms with Crippen molar-refractivity contribution in [2.45, 2.75) is 63.1 Å². The summed E-state index contributed by atoms with van der Waals surface area (Å²) < 4.78 is 22.5. The number of hydrogen-bond donors (Lipinski definition) is 0. The van der Waals surface area contributed by atoms with Crippen LogP contribution in [-0.2, 0) is 17.6 Å². The number of likely N-dealkylation sites (N-methyl/N-ethyl adjacent to an activating group) is 1.